The van der Waals surface area contributed by atoms with Crippen LogP contribution in [0.4, 0.5) is 8.78 Å². The van der Waals surface area contributed by atoms with Crippen molar-refractivity contribution in [2.24, 2.45) is 11.1 Å². The Morgan fingerprint density at radius 2 is 1.58 bits per heavy atom. The van der Waals surface area contributed by atoms with Gasteiger partial charge in [0.25, 0.3) is 5.92 Å². The zero-order valence-corrected chi connectivity index (χ0v) is 20.0. The number of hydrogen-bond acceptors (Lipinski definition) is 2. The van der Waals surface area contributed by atoms with Crippen LogP contribution in [0.15, 0.2) is 29.2 Å². The number of aromatic nitrogens is 1. The van der Waals surface area contributed by atoms with Gasteiger partial charge in [0.2, 0.25) is 10.0 Å². The third-order valence-electron chi connectivity index (χ3n) is 6.39. The molecule has 1 saturated carbocycles. The molecule has 1 aliphatic rings. The van der Waals surface area contributed by atoms with Crippen LogP contribution in [0, 0.1) is 12.8 Å². The van der Waals surface area contributed by atoms with Gasteiger partial charge in [0.15, 0.2) is 0 Å². The molecule has 0 spiro atoms. The topological polar surface area (TPSA) is 65.1 Å². The van der Waals surface area contributed by atoms with E-state index in [2.05, 4.69) is 0 Å². The third kappa shape index (κ3) is 5.37. The molecule has 2 aromatic rings. The van der Waals surface area contributed by atoms with Crippen molar-refractivity contribution in [3.8, 4) is 11.3 Å². The molecular formula is C24H34F2N2O2S. The second kappa shape index (κ2) is 8.32. The third-order valence-corrected chi connectivity index (χ3v) is 7.42. The van der Waals surface area contributed by atoms with Crippen LogP contribution < -0.4 is 5.14 Å². The highest BCUT2D eigenvalue weighted by Gasteiger charge is 2.29. The zero-order chi connectivity index (χ0) is 23.2. The molecule has 7 heteroatoms. The maximum Gasteiger partial charge on any atom is 0.270 e. The fourth-order valence-corrected chi connectivity index (χ4v) is 5.27. The average Bonchev–Trinajstić information content (AvgIpc) is 2.97. The number of primary sulfonamides is 1. The first-order valence-electron chi connectivity index (χ1n) is 10.9. The van der Waals surface area contributed by atoms with Crippen molar-refractivity contribution >= 4 is 10.0 Å². The highest BCUT2D eigenvalue weighted by atomic mass is 32.2. The molecule has 0 bridgehead atoms. The van der Waals surface area contributed by atoms with Crippen LogP contribution in [0.1, 0.15) is 76.6 Å². The minimum atomic E-state index is -3.93. The summed E-state index contributed by atoms with van der Waals surface area (Å²) in [5, 5.41) is 5.49. The molecule has 3 rings (SSSR count). The molecule has 1 aromatic heterocycles. The van der Waals surface area contributed by atoms with Crippen molar-refractivity contribution in [1.29, 1.82) is 0 Å². The predicted molar refractivity (Wildman–Crippen MR) is 121 cm³/mol. The normalized spacial score (nSPS) is 16.6. The van der Waals surface area contributed by atoms with E-state index in [4.69, 9.17) is 5.14 Å². The largest absolute Gasteiger partial charge is 0.343 e. The molecule has 0 unspecified atom stereocenters. The maximum atomic E-state index is 14.3. The van der Waals surface area contributed by atoms with Crippen molar-refractivity contribution in [2.45, 2.75) is 89.5 Å². The highest BCUT2D eigenvalue weighted by molar-refractivity contribution is 7.89. The summed E-state index contributed by atoms with van der Waals surface area (Å²) in [6.45, 7) is 9.23. The average molecular weight is 453 g/mol. The molecule has 1 aliphatic carbocycles. The summed E-state index contributed by atoms with van der Waals surface area (Å²) in [6, 6.07) is 6.47. The lowest BCUT2D eigenvalue weighted by molar-refractivity contribution is 0.0174. The molecule has 0 atom stereocenters. The van der Waals surface area contributed by atoms with Gasteiger partial charge in [-0.3, -0.25) is 0 Å². The molecule has 4 nitrogen and oxygen atoms in total. The molecule has 0 radical (unpaired) electrons. The van der Waals surface area contributed by atoms with Crippen molar-refractivity contribution in [1.82, 2.24) is 4.57 Å². The summed E-state index contributed by atoms with van der Waals surface area (Å²) < 4.78 is 55.1. The molecule has 0 aliphatic heterocycles. The van der Waals surface area contributed by atoms with Gasteiger partial charge in [-0.2, -0.15) is 0 Å². The Kier molecular flexibility index (Phi) is 6.42. The Hall–Kier alpha value is -1.73. The van der Waals surface area contributed by atoms with Crippen molar-refractivity contribution in [2.75, 3.05) is 0 Å². The lowest BCUT2D eigenvalue weighted by atomic mass is 9.84. The van der Waals surface area contributed by atoms with Crippen LogP contribution >= 0.6 is 0 Å². The minimum absolute atomic E-state index is 0.0595. The summed E-state index contributed by atoms with van der Waals surface area (Å²) in [5.74, 6) is -2.57. The molecular weight excluding hydrogens is 418 g/mol. The Morgan fingerprint density at radius 1 is 1.00 bits per heavy atom. The van der Waals surface area contributed by atoms with Gasteiger partial charge in [-0.1, -0.05) is 40.0 Å². The van der Waals surface area contributed by atoms with E-state index in [0.717, 1.165) is 38.2 Å². The zero-order valence-electron chi connectivity index (χ0n) is 19.1. The summed E-state index contributed by atoms with van der Waals surface area (Å²) in [6.07, 6.45) is 5.71. The molecule has 1 aromatic carbocycles. The van der Waals surface area contributed by atoms with Gasteiger partial charge >= 0.3 is 0 Å². The maximum absolute atomic E-state index is 14.3. The Bertz CT molecular complexity index is 1020. The van der Waals surface area contributed by atoms with Gasteiger partial charge in [-0.25, -0.2) is 22.3 Å². The number of nitrogens with two attached hydrogens (primary N) is 1. The first-order chi connectivity index (χ1) is 14.2. The van der Waals surface area contributed by atoms with E-state index in [0.29, 0.717) is 29.4 Å². The Labute approximate surface area is 184 Å². The Balaban J connectivity index is 2.23. The molecule has 0 amide bonds. The minimum Gasteiger partial charge on any atom is -0.343 e. The van der Waals surface area contributed by atoms with Gasteiger partial charge < -0.3 is 4.57 Å². The monoisotopic (exact) mass is 452 g/mol. The number of sulfonamides is 1. The van der Waals surface area contributed by atoms with Crippen LogP contribution in [0.3, 0.4) is 0 Å². The van der Waals surface area contributed by atoms with E-state index >= 15 is 0 Å². The molecule has 172 valence electrons. The molecule has 1 heterocycles. The first-order valence-corrected chi connectivity index (χ1v) is 12.5. The first kappa shape index (κ1) is 23.9. The fraction of sp³-hybridized carbons (Fsp3) is 0.583. The summed E-state index contributed by atoms with van der Waals surface area (Å²) in [7, 11) is -3.93. The number of alkyl halides is 2. The van der Waals surface area contributed by atoms with E-state index in [-0.39, 0.29) is 15.9 Å². The molecule has 0 saturated heterocycles. The second-order valence-electron chi connectivity index (χ2n) is 10.1. The number of nitrogens with zero attached hydrogens (tertiary/aromatic N) is 1. The SMILES string of the molecule is Cc1c(S(N)(=O)=O)cc(-c2cc(C(C)(C)C)cc(C(C)(F)F)c2)n1CC1CCCCC1. The summed E-state index contributed by atoms with van der Waals surface area (Å²) >= 11 is 0. The predicted octanol–water partition coefficient (Wildman–Crippen LogP) is 6.10. The van der Waals surface area contributed by atoms with Crippen molar-refractivity contribution in [3.05, 3.63) is 41.1 Å². The Morgan fingerprint density at radius 3 is 2.10 bits per heavy atom. The van der Waals surface area contributed by atoms with Gasteiger partial charge in [0.1, 0.15) is 4.90 Å². The van der Waals surface area contributed by atoms with E-state index < -0.39 is 15.9 Å². The number of benzene rings is 1. The van der Waals surface area contributed by atoms with Crippen LogP contribution in [-0.2, 0) is 27.9 Å². The lowest BCUT2D eigenvalue weighted by Gasteiger charge is -2.26. The van der Waals surface area contributed by atoms with Crippen LogP contribution in [-0.4, -0.2) is 13.0 Å². The molecule has 1 fully saturated rings. The number of halogens is 2. The van der Waals surface area contributed by atoms with Gasteiger partial charge in [0.05, 0.1) is 0 Å². The number of rotatable bonds is 5. The van der Waals surface area contributed by atoms with Gasteiger partial charge in [-0.05, 0) is 66.5 Å². The van der Waals surface area contributed by atoms with Crippen LogP contribution in [0.5, 0.6) is 0 Å². The quantitative estimate of drug-likeness (QED) is 0.596. The van der Waals surface area contributed by atoms with E-state index in [9.17, 15) is 17.2 Å². The second-order valence-corrected chi connectivity index (χ2v) is 11.6. The summed E-state index contributed by atoms with van der Waals surface area (Å²) in [4.78, 5) is 0.0595. The molecule has 2 N–H and O–H groups in total. The number of hydrogen-bond donors (Lipinski definition) is 1. The smallest absolute Gasteiger partial charge is 0.270 e. The van der Waals surface area contributed by atoms with Crippen LogP contribution in [0.25, 0.3) is 11.3 Å². The van der Waals surface area contributed by atoms with Crippen LogP contribution in [0.2, 0.25) is 0 Å². The highest BCUT2D eigenvalue weighted by Crippen LogP contribution is 2.38. The molecule has 31 heavy (non-hydrogen) atoms. The fourth-order valence-electron chi connectivity index (χ4n) is 4.47. The van der Waals surface area contributed by atoms with Gasteiger partial charge in [-0.15, -0.1) is 0 Å². The standard InChI is InChI=1S/C24H34F2N2O2S/c1-16-22(31(27,29)30)14-21(28(16)15-17-9-7-6-8-10-17)18-11-19(23(2,3)4)13-20(12-18)24(5,25)26/h11-14,17H,6-10,15H2,1-5H3,(H2,27,29,30). The van der Waals surface area contributed by atoms with Crippen molar-refractivity contribution in [3.63, 3.8) is 0 Å². The van der Waals surface area contributed by atoms with E-state index in [1.807, 2.05) is 31.4 Å². The van der Waals surface area contributed by atoms with E-state index in [1.165, 1.54) is 12.5 Å². The lowest BCUT2D eigenvalue weighted by Crippen LogP contribution is -2.18. The van der Waals surface area contributed by atoms with Gasteiger partial charge in [0, 0.05) is 30.4 Å². The van der Waals surface area contributed by atoms with E-state index in [1.54, 1.807) is 19.1 Å². The van der Waals surface area contributed by atoms with Crippen molar-refractivity contribution < 1.29 is 17.2 Å². The summed E-state index contributed by atoms with van der Waals surface area (Å²) in [5.41, 5.74) is 2.15.